The first-order valence-electron chi connectivity index (χ1n) is 7.45. The summed E-state index contributed by atoms with van der Waals surface area (Å²) in [5.41, 5.74) is 1.35. The molecular weight excluding hydrogens is 326 g/mol. The lowest BCUT2D eigenvalue weighted by Crippen LogP contribution is -2.38. The molecule has 24 heavy (non-hydrogen) atoms. The lowest BCUT2D eigenvalue weighted by Gasteiger charge is -2.25. The van der Waals surface area contributed by atoms with Crippen LogP contribution in [0.4, 0.5) is 10.5 Å². The molecule has 2 rings (SSSR count). The number of sulfone groups is 1. The molecule has 0 unspecified atom stereocenters. The Bertz CT molecular complexity index is 801. The van der Waals surface area contributed by atoms with Gasteiger partial charge in [0.15, 0.2) is 14.9 Å². The largest absolute Gasteiger partial charge is 0.337 e. The van der Waals surface area contributed by atoms with E-state index in [4.69, 9.17) is 0 Å². The number of amides is 2. The number of carbonyl (C=O) groups is 1. The maximum absolute atomic E-state index is 12.0. The van der Waals surface area contributed by atoms with Crippen molar-refractivity contribution in [2.24, 2.45) is 0 Å². The van der Waals surface area contributed by atoms with Crippen molar-refractivity contribution >= 4 is 21.6 Å². The summed E-state index contributed by atoms with van der Waals surface area (Å²) in [4.78, 5) is 15.8. The molecule has 1 aromatic heterocycles. The first kappa shape index (κ1) is 17.9. The van der Waals surface area contributed by atoms with Gasteiger partial charge in [-0.15, -0.1) is 0 Å². The van der Waals surface area contributed by atoms with Gasteiger partial charge in [-0.1, -0.05) is 44.2 Å². The van der Waals surface area contributed by atoms with Gasteiger partial charge in [-0.3, -0.25) is 0 Å². The highest BCUT2D eigenvalue weighted by Gasteiger charge is 2.21. The van der Waals surface area contributed by atoms with Crippen molar-refractivity contribution in [2.45, 2.75) is 24.3 Å². The molecule has 2 amide bonds. The minimum absolute atomic E-state index is 0.0290. The summed E-state index contributed by atoms with van der Waals surface area (Å²) in [5, 5.41) is 5.43. The van der Waals surface area contributed by atoms with Crippen LogP contribution in [0, 0.1) is 0 Å². The van der Waals surface area contributed by atoms with E-state index >= 15 is 0 Å². The standard InChI is InChI=1S/C17H21N3O3S/c1-17(2,13-7-5-4-6-8-13)12-19-16(21)20-14-9-10-15(18-11-14)24(3,22)23/h4-11H,12H2,1-3H3,(H2,19,20,21). The Morgan fingerprint density at radius 1 is 1.12 bits per heavy atom. The van der Waals surface area contributed by atoms with Crippen LogP contribution in [0.25, 0.3) is 0 Å². The summed E-state index contributed by atoms with van der Waals surface area (Å²) in [6.07, 6.45) is 2.40. The molecule has 128 valence electrons. The van der Waals surface area contributed by atoms with Crippen LogP contribution >= 0.6 is 0 Å². The van der Waals surface area contributed by atoms with Crippen LogP contribution in [-0.4, -0.2) is 32.2 Å². The van der Waals surface area contributed by atoms with Crippen LogP contribution in [0.2, 0.25) is 0 Å². The third kappa shape index (κ3) is 4.79. The fourth-order valence-corrected chi connectivity index (χ4v) is 2.70. The number of urea groups is 1. The fourth-order valence-electron chi connectivity index (χ4n) is 2.14. The highest BCUT2D eigenvalue weighted by molar-refractivity contribution is 7.90. The van der Waals surface area contributed by atoms with Crippen molar-refractivity contribution < 1.29 is 13.2 Å². The third-order valence-corrected chi connectivity index (χ3v) is 4.62. The second-order valence-electron chi connectivity index (χ2n) is 6.21. The fraction of sp³-hybridized carbons (Fsp3) is 0.294. The van der Waals surface area contributed by atoms with Gasteiger partial charge in [-0.05, 0) is 17.7 Å². The molecule has 0 spiro atoms. The van der Waals surface area contributed by atoms with E-state index in [0.717, 1.165) is 11.8 Å². The van der Waals surface area contributed by atoms with Crippen LogP contribution in [-0.2, 0) is 15.3 Å². The molecule has 2 aromatic rings. The summed E-state index contributed by atoms with van der Waals surface area (Å²) < 4.78 is 22.7. The number of nitrogens with one attached hydrogen (secondary N) is 2. The average molecular weight is 347 g/mol. The molecule has 6 nitrogen and oxygen atoms in total. The van der Waals surface area contributed by atoms with E-state index in [9.17, 15) is 13.2 Å². The number of benzene rings is 1. The van der Waals surface area contributed by atoms with Gasteiger partial charge in [0.2, 0.25) is 0 Å². The SMILES string of the molecule is CC(C)(CNC(=O)Nc1ccc(S(C)(=O)=O)nc1)c1ccccc1. The zero-order valence-electron chi connectivity index (χ0n) is 13.9. The summed E-state index contributed by atoms with van der Waals surface area (Å²) in [5.74, 6) is 0. The van der Waals surface area contributed by atoms with E-state index in [1.807, 2.05) is 44.2 Å². The number of carbonyl (C=O) groups excluding carboxylic acids is 1. The van der Waals surface area contributed by atoms with Crippen LogP contribution in [0.3, 0.4) is 0 Å². The number of hydrogen-bond donors (Lipinski definition) is 2. The summed E-state index contributed by atoms with van der Waals surface area (Å²) in [7, 11) is -3.35. The van der Waals surface area contributed by atoms with E-state index < -0.39 is 9.84 Å². The van der Waals surface area contributed by atoms with Crippen LogP contribution in [0.5, 0.6) is 0 Å². The van der Waals surface area contributed by atoms with Gasteiger partial charge in [-0.2, -0.15) is 0 Å². The van der Waals surface area contributed by atoms with Crippen molar-refractivity contribution in [3.63, 3.8) is 0 Å². The highest BCUT2D eigenvalue weighted by atomic mass is 32.2. The lowest BCUT2D eigenvalue weighted by atomic mass is 9.85. The Morgan fingerprint density at radius 2 is 1.79 bits per heavy atom. The highest BCUT2D eigenvalue weighted by Crippen LogP contribution is 2.21. The second kappa shape index (κ2) is 7.00. The van der Waals surface area contributed by atoms with E-state index in [2.05, 4.69) is 15.6 Å². The normalized spacial score (nSPS) is 11.8. The molecule has 0 aliphatic carbocycles. The predicted octanol–water partition coefficient (Wildman–Crippen LogP) is 2.58. The molecule has 2 N–H and O–H groups in total. The summed E-state index contributed by atoms with van der Waals surface area (Å²) >= 11 is 0. The number of rotatable bonds is 5. The predicted molar refractivity (Wildman–Crippen MR) is 93.8 cm³/mol. The van der Waals surface area contributed by atoms with Gasteiger partial charge in [0.1, 0.15) is 0 Å². The minimum Gasteiger partial charge on any atom is -0.337 e. The van der Waals surface area contributed by atoms with Gasteiger partial charge in [0, 0.05) is 18.2 Å². The number of aromatic nitrogens is 1. The topological polar surface area (TPSA) is 88.2 Å². The zero-order chi connectivity index (χ0) is 17.8. The van der Waals surface area contributed by atoms with Crippen molar-refractivity contribution in [3.05, 3.63) is 54.2 Å². The molecule has 0 radical (unpaired) electrons. The molecule has 7 heteroatoms. The molecule has 0 aliphatic heterocycles. The van der Waals surface area contributed by atoms with Gasteiger partial charge in [0.25, 0.3) is 0 Å². The number of nitrogens with zero attached hydrogens (tertiary/aromatic N) is 1. The van der Waals surface area contributed by atoms with E-state index in [1.165, 1.54) is 18.3 Å². The van der Waals surface area contributed by atoms with Crippen LogP contribution < -0.4 is 10.6 Å². The molecule has 0 aliphatic rings. The quantitative estimate of drug-likeness (QED) is 0.870. The molecule has 1 aromatic carbocycles. The zero-order valence-corrected chi connectivity index (χ0v) is 14.7. The number of hydrogen-bond acceptors (Lipinski definition) is 4. The first-order chi connectivity index (χ1) is 11.2. The molecule has 1 heterocycles. The van der Waals surface area contributed by atoms with Crippen molar-refractivity contribution in [1.29, 1.82) is 0 Å². The lowest BCUT2D eigenvalue weighted by molar-refractivity contribution is 0.249. The van der Waals surface area contributed by atoms with Crippen LogP contribution in [0.1, 0.15) is 19.4 Å². The Balaban J connectivity index is 1.94. The van der Waals surface area contributed by atoms with E-state index in [0.29, 0.717) is 12.2 Å². The molecule has 0 bridgehead atoms. The third-order valence-electron chi connectivity index (χ3n) is 3.62. The summed E-state index contributed by atoms with van der Waals surface area (Å²) in [6.45, 7) is 4.55. The first-order valence-corrected chi connectivity index (χ1v) is 9.34. The Labute approximate surface area is 142 Å². The molecule has 0 saturated heterocycles. The van der Waals surface area contributed by atoms with E-state index in [1.54, 1.807) is 0 Å². The maximum Gasteiger partial charge on any atom is 0.319 e. The van der Waals surface area contributed by atoms with Crippen LogP contribution in [0.15, 0.2) is 53.7 Å². The van der Waals surface area contributed by atoms with Gasteiger partial charge in [0.05, 0.1) is 11.9 Å². The number of pyridine rings is 1. The second-order valence-corrected chi connectivity index (χ2v) is 8.18. The number of anilines is 1. The Hall–Kier alpha value is -2.41. The van der Waals surface area contributed by atoms with Gasteiger partial charge < -0.3 is 10.6 Å². The molecule has 0 saturated carbocycles. The van der Waals surface area contributed by atoms with Gasteiger partial charge >= 0.3 is 6.03 Å². The van der Waals surface area contributed by atoms with Gasteiger partial charge in [-0.25, -0.2) is 18.2 Å². The molecule has 0 fully saturated rings. The minimum atomic E-state index is -3.35. The smallest absolute Gasteiger partial charge is 0.319 e. The van der Waals surface area contributed by atoms with Crippen molar-refractivity contribution in [3.8, 4) is 0 Å². The van der Waals surface area contributed by atoms with Crippen molar-refractivity contribution in [1.82, 2.24) is 10.3 Å². The average Bonchev–Trinajstić information content (AvgIpc) is 2.54. The monoisotopic (exact) mass is 347 g/mol. The summed E-state index contributed by atoms with van der Waals surface area (Å²) in [6, 6.07) is 12.4. The maximum atomic E-state index is 12.0. The Kier molecular flexibility index (Phi) is 5.23. The van der Waals surface area contributed by atoms with Crippen molar-refractivity contribution in [2.75, 3.05) is 18.1 Å². The Morgan fingerprint density at radius 3 is 2.33 bits per heavy atom. The van der Waals surface area contributed by atoms with E-state index in [-0.39, 0.29) is 16.5 Å². The molecule has 0 atom stereocenters. The molecular formula is C17H21N3O3S.